The summed E-state index contributed by atoms with van der Waals surface area (Å²) in [6.07, 6.45) is 1.30. The van der Waals surface area contributed by atoms with E-state index in [0.717, 1.165) is 27.6 Å². The highest BCUT2D eigenvalue weighted by Gasteiger charge is 2.45. The highest BCUT2D eigenvalue weighted by molar-refractivity contribution is 5.89. The van der Waals surface area contributed by atoms with Crippen molar-refractivity contribution in [3.8, 4) is 11.4 Å². The van der Waals surface area contributed by atoms with E-state index < -0.39 is 17.5 Å². The lowest BCUT2D eigenvalue weighted by Crippen LogP contribution is -2.44. The van der Waals surface area contributed by atoms with Crippen molar-refractivity contribution in [1.29, 1.82) is 0 Å². The van der Waals surface area contributed by atoms with Crippen molar-refractivity contribution < 1.29 is 24.5 Å². The van der Waals surface area contributed by atoms with Gasteiger partial charge in [-0.05, 0) is 48.6 Å². The standard InChI is InChI=1S/C25H24N2O6/c1-3-14-15-9-13(6-8-21(28)29)5-7-19(15)26-22-16(14)11-27-20(22)10-18-17(23(27)30)12-33-24(31)25(18,32)4-2/h5,7,9-10,32H,3-4,6,8,11-12H2,1-2H3,(H,28,29)/t25-/m0/s1. The Kier molecular flexibility index (Phi) is 4.86. The van der Waals surface area contributed by atoms with Crippen molar-refractivity contribution in [1.82, 2.24) is 9.55 Å². The van der Waals surface area contributed by atoms with E-state index >= 15 is 0 Å². The summed E-state index contributed by atoms with van der Waals surface area (Å²) >= 11 is 0. The molecule has 0 bridgehead atoms. The first-order valence-corrected chi connectivity index (χ1v) is 11.1. The minimum atomic E-state index is -1.85. The van der Waals surface area contributed by atoms with Crippen molar-refractivity contribution in [3.05, 3.63) is 62.4 Å². The largest absolute Gasteiger partial charge is 0.481 e. The van der Waals surface area contributed by atoms with E-state index in [-0.39, 0.29) is 25.0 Å². The number of carboxylic acid groups (broad SMARTS) is 1. The smallest absolute Gasteiger partial charge is 0.343 e. The molecule has 0 saturated heterocycles. The number of aliphatic carboxylic acids is 1. The zero-order valence-corrected chi connectivity index (χ0v) is 18.5. The predicted molar refractivity (Wildman–Crippen MR) is 120 cm³/mol. The molecule has 170 valence electrons. The molecule has 5 rings (SSSR count). The van der Waals surface area contributed by atoms with Crippen LogP contribution >= 0.6 is 0 Å². The molecule has 0 unspecified atom stereocenters. The molecule has 4 heterocycles. The van der Waals surface area contributed by atoms with Crippen molar-refractivity contribution in [2.24, 2.45) is 0 Å². The van der Waals surface area contributed by atoms with Crippen molar-refractivity contribution >= 4 is 22.8 Å². The predicted octanol–water partition coefficient (Wildman–Crippen LogP) is 2.66. The van der Waals surface area contributed by atoms with Gasteiger partial charge in [-0.1, -0.05) is 19.9 Å². The van der Waals surface area contributed by atoms with Crippen LogP contribution in [0.1, 0.15) is 54.5 Å². The molecule has 1 aromatic carbocycles. The third-order valence-corrected chi connectivity index (χ3v) is 6.85. The number of carbonyl (C=O) groups excluding carboxylic acids is 1. The van der Waals surface area contributed by atoms with Gasteiger partial charge in [-0.15, -0.1) is 0 Å². The number of rotatable bonds is 5. The van der Waals surface area contributed by atoms with Crippen LogP contribution < -0.4 is 5.56 Å². The Morgan fingerprint density at radius 1 is 1.21 bits per heavy atom. The molecule has 3 aromatic rings. The summed E-state index contributed by atoms with van der Waals surface area (Å²) in [6.45, 7) is 3.91. The van der Waals surface area contributed by atoms with E-state index in [1.54, 1.807) is 17.6 Å². The second kappa shape index (κ2) is 7.52. The normalized spacial score (nSPS) is 18.6. The fourth-order valence-electron chi connectivity index (χ4n) is 5.02. The van der Waals surface area contributed by atoms with Crippen LogP contribution in [0.2, 0.25) is 0 Å². The third kappa shape index (κ3) is 3.08. The number of carboxylic acids is 1. The molecule has 8 heteroatoms. The number of esters is 1. The molecule has 0 aliphatic carbocycles. The van der Waals surface area contributed by atoms with Crippen molar-refractivity contribution in [2.45, 2.75) is 58.3 Å². The summed E-state index contributed by atoms with van der Waals surface area (Å²) in [5.41, 5.74) is 3.41. The Balaban J connectivity index is 1.71. The number of aromatic nitrogens is 2. The number of fused-ring (bicyclic) bond motifs is 5. The van der Waals surface area contributed by atoms with Gasteiger partial charge in [-0.3, -0.25) is 9.59 Å². The Morgan fingerprint density at radius 2 is 2.00 bits per heavy atom. The van der Waals surface area contributed by atoms with E-state index in [1.807, 2.05) is 25.1 Å². The number of carbonyl (C=O) groups is 2. The molecule has 0 amide bonds. The van der Waals surface area contributed by atoms with Crippen LogP contribution in [0.5, 0.6) is 0 Å². The molecule has 2 N–H and O–H groups in total. The molecular weight excluding hydrogens is 424 g/mol. The SMILES string of the molecule is CCc1c2c(nc3ccc(CCC(=O)O)cc13)-c1cc3c(c(=O)n1C2)COC(=O)[C@]3(O)CC. The topological polar surface area (TPSA) is 119 Å². The lowest BCUT2D eigenvalue weighted by atomic mass is 9.86. The van der Waals surface area contributed by atoms with E-state index in [9.17, 15) is 19.5 Å². The summed E-state index contributed by atoms with van der Waals surface area (Å²) < 4.78 is 6.76. The zero-order chi connectivity index (χ0) is 23.5. The first kappa shape index (κ1) is 21.3. The number of aliphatic hydroxyl groups is 1. The Bertz CT molecular complexity index is 1410. The zero-order valence-electron chi connectivity index (χ0n) is 18.5. The Labute approximate surface area is 189 Å². The molecule has 2 aromatic heterocycles. The Hall–Kier alpha value is -3.52. The van der Waals surface area contributed by atoms with Gasteiger partial charge in [-0.2, -0.15) is 0 Å². The highest BCUT2D eigenvalue weighted by Crippen LogP contribution is 2.40. The highest BCUT2D eigenvalue weighted by atomic mass is 16.6. The number of pyridine rings is 2. The van der Waals surface area contributed by atoms with Gasteiger partial charge >= 0.3 is 11.9 Å². The summed E-state index contributed by atoms with van der Waals surface area (Å²) in [7, 11) is 0. The summed E-state index contributed by atoms with van der Waals surface area (Å²) in [6, 6.07) is 7.46. The lowest BCUT2D eigenvalue weighted by Gasteiger charge is -2.31. The molecule has 0 radical (unpaired) electrons. The fourth-order valence-corrected chi connectivity index (χ4v) is 5.02. The number of cyclic esters (lactones) is 1. The summed E-state index contributed by atoms with van der Waals surface area (Å²) in [4.78, 5) is 41.5. The number of aryl methyl sites for hydroxylation is 2. The minimum absolute atomic E-state index is 0.0544. The maximum Gasteiger partial charge on any atom is 0.343 e. The molecular formula is C25H24N2O6. The van der Waals surface area contributed by atoms with E-state index in [0.29, 0.717) is 41.9 Å². The van der Waals surface area contributed by atoms with Crippen LogP contribution in [0.4, 0.5) is 0 Å². The van der Waals surface area contributed by atoms with Gasteiger partial charge in [-0.25, -0.2) is 9.78 Å². The molecule has 1 atom stereocenters. The fraction of sp³-hybridized carbons (Fsp3) is 0.360. The lowest BCUT2D eigenvalue weighted by molar-refractivity contribution is -0.172. The number of benzene rings is 1. The van der Waals surface area contributed by atoms with Crippen molar-refractivity contribution in [3.63, 3.8) is 0 Å². The summed E-state index contributed by atoms with van der Waals surface area (Å²) in [5, 5.41) is 21.0. The maximum absolute atomic E-state index is 13.4. The van der Waals surface area contributed by atoms with Crippen LogP contribution in [-0.2, 0) is 45.9 Å². The maximum atomic E-state index is 13.4. The summed E-state index contributed by atoms with van der Waals surface area (Å²) in [5.74, 6) is -1.58. The van der Waals surface area contributed by atoms with Crippen LogP contribution in [-0.4, -0.2) is 31.7 Å². The van der Waals surface area contributed by atoms with E-state index in [1.165, 1.54) is 0 Å². The average Bonchev–Trinajstić information content (AvgIpc) is 3.17. The average molecular weight is 448 g/mol. The number of nitrogens with zero attached hydrogens (tertiary/aromatic N) is 2. The second-order valence-electron chi connectivity index (χ2n) is 8.62. The first-order chi connectivity index (χ1) is 15.8. The van der Waals surface area contributed by atoms with Crippen LogP contribution in [0.15, 0.2) is 29.1 Å². The first-order valence-electron chi connectivity index (χ1n) is 11.1. The van der Waals surface area contributed by atoms with E-state index in [4.69, 9.17) is 14.8 Å². The molecule has 2 aliphatic heterocycles. The molecule has 2 aliphatic rings. The van der Waals surface area contributed by atoms with Gasteiger partial charge in [0.05, 0.1) is 29.0 Å². The molecule has 0 saturated carbocycles. The molecule has 0 spiro atoms. The Morgan fingerprint density at radius 3 is 2.70 bits per heavy atom. The number of hydrogen-bond donors (Lipinski definition) is 2. The van der Waals surface area contributed by atoms with Gasteiger partial charge in [0.15, 0.2) is 5.60 Å². The van der Waals surface area contributed by atoms with E-state index in [2.05, 4.69) is 0 Å². The van der Waals surface area contributed by atoms with Gasteiger partial charge in [0.2, 0.25) is 0 Å². The molecule has 33 heavy (non-hydrogen) atoms. The van der Waals surface area contributed by atoms with Crippen LogP contribution in [0, 0.1) is 0 Å². The van der Waals surface area contributed by atoms with Gasteiger partial charge in [0.25, 0.3) is 5.56 Å². The van der Waals surface area contributed by atoms with Crippen LogP contribution in [0.3, 0.4) is 0 Å². The molecule has 8 nitrogen and oxygen atoms in total. The number of hydrogen-bond acceptors (Lipinski definition) is 6. The van der Waals surface area contributed by atoms with Crippen molar-refractivity contribution in [2.75, 3.05) is 0 Å². The monoisotopic (exact) mass is 448 g/mol. The van der Waals surface area contributed by atoms with Gasteiger partial charge < -0.3 is 19.5 Å². The second-order valence-corrected chi connectivity index (χ2v) is 8.62. The minimum Gasteiger partial charge on any atom is -0.481 e. The van der Waals surface area contributed by atoms with Gasteiger partial charge in [0.1, 0.15) is 6.61 Å². The molecule has 0 fully saturated rings. The third-order valence-electron chi connectivity index (χ3n) is 6.85. The van der Waals surface area contributed by atoms with Gasteiger partial charge in [0, 0.05) is 22.9 Å². The number of ether oxygens (including phenoxy) is 1. The van der Waals surface area contributed by atoms with Crippen LogP contribution in [0.25, 0.3) is 22.3 Å². The quantitative estimate of drug-likeness (QED) is 0.451.